The lowest BCUT2D eigenvalue weighted by atomic mass is 10.1. The molecule has 86 valence electrons. The number of benzene rings is 1. The standard InChI is InChI=1S/C13H19N3/c1-8(2)10(4)16-11-7-5-6-9(3)12(11)15-13(16)14/h5-8,10H,1-4H3,(H2,14,15). The molecule has 16 heavy (non-hydrogen) atoms. The van der Waals surface area contributed by atoms with Gasteiger partial charge in [-0.05, 0) is 31.4 Å². The number of imidazole rings is 1. The third-order valence-electron chi connectivity index (χ3n) is 3.32. The van der Waals surface area contributed by atoms with Gasteiger partial charge in [0.05, 0.1) is 11.0 Å². The third-order valence-corrected chi connectivity index (χ3v) is 3.32. The lowest BCUT2D eigenvalue weighted by Crippen LogP contribution is -2.13. The summed E-state index contributed by atoms with van der Waals surface area (Å²) < 4.78 is 2.13. The minimum absolute atomic E-state index is 0.367. The van der Waals surface area contributed by atoms with E-state index in [2.05, 4.69) is 55.4 Å². The van der Waals surface area contributed by atoms with Gasteiger partial charge in [-0.25, -0.2) is 4.98 Å². The predicted octanol–water partition coefficient (Wildman–Crippen LogP) is 3.14. The van der Waals surface area contributed by atoms with Crippen LogP contribution in [0.1, 0.15) is 32.4 Å². The van der Waals surface area contributed by atoms with Crippen molar-refractivity contribution >= 4 is 17.0 Å². The van der Waals surface area contributed by atoms with Crippen molar-refractivity contribution < 1.29 is 0 Å². The zero-order valence-electron chi connectivity index (χ0n) is 10.4. The van der Waals surface area contributed by atoms with Crippen molar-refractivity contribution in [2.45, 2.75) is 33.7 Å². The molecular formula is C13H19N3. The number of hydrogen-bond acceptors (Lipinski definition) is 2. The number of nitrogens with two attached hydrogens (primary N) is 1. The van der Waals surface area contributed by atoms with Crippen molar-refractivity contribution in [1.29, 1.82) is 0 Å². The molecule has 0 radical (unpaired) electrons. The van der Waals surface area contributed by atoms with Gasteiger partial charge in [-0.2, -0.15) is 0 Å². The van der Waals surface area contributed by atoms with E-state index < -0.39 is 0 Å². The Morgan fingerprint density at radius 3 is 2.56 bits per heavy atom. The molecule has 0 aliphatic rings. The molecule has 1 heterocycles. The number of nitrogen functional groups attached to an aromatic ring is 1. The number of para-hydroxylation sites is 1. The molecular weight excluding hydrogens is 198 g/mol. The van der Waals surface area contributed by atoms with Crippen LogP contribution < -0.4 is 5.73 Å². The summed E-state index contributed by atoms with van der Waals surface area (Å²) in [7, 11) is 0. The highest BCUT2D eigenvalue weighted by molar-refractivity contribution is 5.81. The van der Waals surface area contributed by atoms with Crippen LogP contribution in [-0.2, 0) is 0 Å². The van der Waals surface area contributed by atoms with Gasteiger partial charge in [0.1, 0.15) is 0 Å². The lowest BCUT2D eigenvalue weighted by Gasteiger charge is -2.19. The second kappa shape index (κ2) is 3.81. The Morgan fingerprint density at radius 2 is 1.94 bits per heavy atom. The van der Waals surface area contributed by atoms with Gasteiger partial charge in [0.2, 0.25) is 5.95 Å². The Morgan fingerprint density at radius 1 is 1.25 bits per heavy atom. The highest BCUT2D eigenvalue weighted by Gasteiger charge is 2.17. The van der Waals surface area contributed by atoms with E-state index in [1.54, 1.807) is 0 Å². The lowest BCUT2D eigenvalue weighted by molar-refractivity contribution is 0.421. The monoisotopic (exact) mass is 217 g/mol. The quantitative estimate of drug-likeness (QED) is 0.839. The maximum atomic E-state index is 6.01. The molecule has 1 unspecified atom stereocenters. The molecule has 1 atom stereocenters. The molecule has 1 aromatic heterocycles. The van der Waals surface area contributed by atoms with E-state index in [-0.39, 0.29) is 0 Å². The number of hydrogen-bond donors (Lipinski definition) is 1. The fraction of sp³-hybridized carbons (Fsp3) is 0.462. The molecule has 0 spiro atoms. The Bertz CT molecular complexity index is 511. The first-order chi connectivity index (χ1) is 7.52. The Labute approximate surface area is 96.3 Å². The first kappa shape index (κ1) is 11.0. The third kappa shape index (κ3) is 1.56. The molecule has 0 bridgehead atoms. The largest absolute Gasteiger partial charge is 0.369 e. The fourth-order valence-electron chi connectivity index (χ4n) is 2.00. The highest BCUT2D eigenvalue weighted by Crippen LogP contribution is 2.28. The van der Waals surface area contributed by atoms with Gasteiger partial charge in [-0.1, -0.05) is 26.0 Å². The van der Waals surface area contributed by atoms with E-state index in [1.165, 1.54) is 5.56 Å². The van der Waals surface area contributed by atoms with E-state index in [4.69, 9.17) is 5.73 Å². The molecule has 0 aliphatic carbocycles. The van der Waals surface area contributed by atoms with Crippen LogP contribution in [0.5, 0.6) is 0 Å². The summed E-state index contributed by atoms with van der Waals surface area (Å²) in [5, 5.41) is 0. The molecule has 0 saturated heterocycles. The summed E-state index contributed by atoms with van der Waals surface area (Å²) in [5.74, 6) is 1.16. The van der Waals surface area contributed by atoms with Crippen molar-refractivity contribution in [3.05, 3.63) is 23.8 Å². The molecule has 2 N–H and O–H groups in total. The van der Waals surface area contributed by atoms with Gasteiger partial charge in [-0.3, -0.25) is 0 Å². The van der Waals surface area contributed by atoms with E-state index in [9.17, 15) is 0 Å². The van der Waals surface area contributed by atoms with Crippen molar-refractivity contribution in [1.82, 2.24) is 9.55 Å². The minimum Gasteiger partial charge on any atom is -0.369 e. The van der Waals surface area contributed by atoms with Crippen LogP contribution >= 0.6 is 0 Å². The van der Waals surface area contributed by atoms with Crippen LogP contribution in [0.2, 0.25) is 0 Å². The van der Waals surface area contributed by atoms with Gasteiger partial charge in [0.25, 0.3) is 0 Å². The van der Waals surface area contributed by atoms with Gasteiger partial charge >= 0.3 is 0 Å². The summed E-state index contributed by atoms with van der Waals surface area (Å²) >= 11 is 0. The summed E-state index contributed by atoms with van der Waals surface area (Å²) in [6.07, 6.45) is 0. The second-order valence-corrected chi connectivity index (χ2v) is 4.77. The molecule has 2 aromatic rings. The van der Waals surface area contributed by atoms with Crippen LogP contribution in [-0.4, -0.2) is 9.55 Å². The van der Waals surface area contributed by atoms with E-state index in [0.29, 0.717) is 17.9 Å². The Balaban J connectivity index is 2.70. The first-order valence-electron chi connectivity index (χ1n) is 5.75. The van der Waals surface area contributed by atoms with Crippen LogP contribution in [0.3, 0.4) is 0 Å². The zero-order valence-corrected chi connectivity index (χ0v) is 10.4. The van der Waals surface area contributed by atoms with Crippen LogP contribution in [0.25, 0.3) is 11.0 Å². The van der Waals surface area contributed by atoms with Crippen LogP contribution in [0.15, 0.2) is 18.2 Å². The van der Waals surface area contributed by atoms with Crippen LogP contribution in [0, 0.1) is 12.8 Å². The summed E-state index contributed by atoms with van der Waals surface area (Å²) in [6.45, 7) is 8.65. The van der Waals surface area contributed by atoms with Crippen molar-refractivity contribution in [2.24, 2.45) is 5.92 Å². The SMILES string of the molecule is Cc1cccc2c1nc(N)n2C(C)C(C)C. The van der Waals surface area contributed by atoms with Crippen molar-refractivity contribution in [2.75, 3.05) is 5.73 Å². The number of fused-ring (bicyclic) bond motifs is 1. The van der Waals surface area contributed by atoms with Gasteiger partial charge in [-0.15, -0.1) is 0 Å². The molecule has 3 nitrogen and oxygen atoms in total. The predicted molar refractivity (Wildman–Crippen MR) is 68.4 cm³/mol. The summed E-state index contributed by atoms with van der Waals surface area (Å²) in [5.41, 5.74) is 9.35. The second-order valence-electron chi connectivity index (χ2n) is 4.77. The van der Waals surface area contributed by atoms with Crippen molar-refractivity contribution in [3.8, 4) is 0 Å². The fourth-order valence-corrected chi connectivity index (χ4v) is 2.00. The molecule has 0 aliphatic heterocycles. The Hall–Kier alpha value is -1.51. The Kier molecular flexibility index (Phi) is 2.62. The van der Waals surface area contributed by atoms with Crippen LogP contribution in [0.4, 0.5) is 5.95 Å². The van der Waals surface area contributed by atoms with Crippen molar-refractivity contribution in [3.63, 3.8) is 0 Å². The van der Waals surface area contributed by atoms with E-state index in [1.807, 2.05) is 0 Å². The molecule has 0 saturated carbocycles. The molecule has 0 fully saturated rings. The number of rotatable bonds is 2. The van der Waals surface area contributed by atoms with Gasteiger partial charge < -0.3 is 10.3 Å². The molecule has 3 heteroatoms. The smallest absolute Gasteiger partial charge is 0.201 e. The maximum Gasteiger partial charge on any atom is 0.201 e. The normalized spacial score (nSPS) is 13.6. The molecule has 2 rings (SSSR count). The summed E-state index contributed by atoms with van der Waals surface area (Å²) in [6, 6.07) is 6.58. The number of anilines is 1. The average molecular weight is 217 g/mol. The number of aromatic nitrogens is 2. The van der Waals surface area contributed by atoms with Gasteiger partial charge in [0, 0.05) is 6.04 Å². The number of aryl methyl sites for hydroxylation is 1. The summed E-state index contributed by atoms with van der Waals surface area (Å²) in [4.78, 5) is 4.46. The van der Waals surface area contributed by atoms with E-state index >= 15 is 0 Å². The highest BCUT2D eigenvalue weighted by atomic mass is 15.2. The topological polar surface area (TPSA) is 43.8 Å². The minimum atomic E-state index is 0.367. The molecule has 0 amide bonds. The maximum absolute atomic E-state index is 6.01. The van der Waals surface area contributed by atoms with E-state index in [0.717, 1.165) is 11.0 Å². The molecule has 1 aromatic carbocycles. The number of nitrogens with zero attached hydrogens (tertiary/aromatic N) is 2. The zero-order chi connectivity index (χ0) is 11.9. The first-order valence-corrected chi connectivity index (χ1v) is 5.75. The van der Waals surface area contributed by atoms with Gasteiger partial charge in [0.15, 0.2) is 0 Å². The average Bonchev–Trinajstić information content (AvgIpc) is 2.55.